The zero-order chi connectivity index (χ0) is 11.4. The molecule has 0 aliphatic heterocycles. The maximum absolute atomic E-state index is 10.6. The largest absolute Gasteiger partial charge is 0.478 e. The summed E-state index contributed by atoms with van der Waals surface area (Å²) in [7, 11) is 2.00. The van der Waals surface area contributed by atoms with E-state index in [-0.39, 0.29) is 5.56 Å². The number of rotatable bonds is 5. The van der Waals surface area contributed by atoms with E-state index >= 15 is 0 Å². The molecule has 1 rings (SSSR count). The van der Waals surface area contributed by atoms with Gasteiger partial charge in [-0.3, -0.25) is 4.90 Å². The Balaban J connectivity index is 2.61. The molecule has 4 heteroatoms. The van der Waals surface area contributed by atoms with E-state index in [4.69, 9.17) is 9.52 Å². The van der Waals surface area contributed by atoms with Gasteiger partial charge in [-0.2, -0.15) is 0 Å². The van der Waals surface area contributed by atoms with Crippen molar-refractivity contribution in [3.8, 4) is 0 Å². The van der Waals surface area contributed by atoms with Gasteiger partial charge in [-0.1, -0.05) is 6.92 Å². The number of furan rings is 1. The first-order chi connectivity index (χ1) is 7.04. The van der Waals surface area contributed by atoms with Crippen LogP contribution in [0.3, 0.4) is 0 Å². The van der Waals surface area contributed by atoms with Crippen molar-refractivity contribution in [1.82, 2.24) is 4.90 Å². The van der Waals surface area contributed by atoms with Crippen LogP contribution in [0.5, 0.6) is 0 Å². The molecular formula is C11H17NO3. The molecule has 84 valence electrons. The molecule has 0 radical (unpaired) electrons. The highest BCUT2D eigenvalue weighted by atomic mass is 16.4. The zero-order valence-corrected chi connectivity index (χ0v) is 9.36. The van der Waals surface area contributed by atoms with Crippen molar-refractivity contribution in [2.45, 2.75) is 32.9 Å². The van der Waals surface area contributed by atoms with Gasteiger partial charge in [0.25, 0.3) is 0 Å². The average molecular weight is 211 g/mol. The molecule has 0 saturated carbocycles. The normalized spacial score (nSPS) is 13.1. The first-order valence-electron chi connectivity index (χ1n) is 5.05. The maximum Gasteiger partial charge on any atom is 0.338 e. The molecule has 1 heterocycles. The van der Waals surface area contributed by atoms with Gasteiger partial charge in [0, 0.05) is 6.04 Å². The van der Waals surface area contributed by atoms with E-state index < -0.39 is 5.97 Å². The van der Waals surface area contributed by atoms with E-state index in [1.165, 1.54) is 6.26 Å². The third-order valence-electron chi connectivity index (χ3n) is 2.65. The second-order valence-corrected chi connectivity index (χ2v) is 3.78. The molecule has 4 nitrogen and oxygen atoms in total. The Kier molecular flexibility index (Phi) is 3.91. The van der Waals surface area contributed by atoms with E-state index in [2.05, 4.69) is 18.7 Å². The van der Waals surface area contributed by atoms with E-state index in [0.717, 1.165) is 6.42 Å². The fraction of sp³-hybridized carbons (Fsp3) is 0.545. The van der Waals surface area contributed by atoms with Gasteiger partial charge in [-0.25, -0.2) is 4.79 Å². The first kappa shape index (κ1) is 11.8. The van der Waals surface area contributed by atoms with E-state index in [0.29, 0.717) is 18.3 Å². The number of hydrogen-bond acceptors (Lipinski definition) is 3. The van der Waals surface area contributed by atoms with Gasteiger partial charge in [0.05, 0.1) is 12.1 Å². The SMILES string of the molecule is CCC(C)N(C)Cc1cc(C(=O)O)co1. The quantitative estimate of drug-likeness (QED) is 0.811. The van der Waals surface area contributed by atoms with Gasteiger partial charge in [0.2, 0.25) is 0 Å². The lowest BCUT2D eigenvalue weighted by Gasteiger charge is -2.21. The van der Waals surface area contributed by atoms with Gasteiger partial charge in [0.1, 0.15) is 12.0 Å². The first-order valence-corrected chi connectivity index (χ1v) is 5.05. The zero-order valence-electron chi connectivity index (χ0n) is 9.36. The molecule has 1 atom stereocenters. The van der Waals surface area contributed by atoms with Crippen LogP contribution < -0.4 is 0 Å². The van der Waals surface area contributed by atoms with E-state index in [1.54, 1.807) is 6.07 Å². The Morgan fingerprint density at radius 2 is 2.33 bits per heavy atom. The lowest BCUT2D eigenvalue weighted by atomic mass is 10.2. The molecule has 0 saturated heterocycles. The summed E-state index contributed by atoms with van der Waals surface area (Å²) < 4.78 is 5.17. The van der Waals surface area contributed by atoms with Gasteiger partial charge in [0.15, 0.2) is 0 Å². The van der Waals surface area contributed by atoms with Crippen molar-refractivity contribution in [1.29, 1.82) is 0 Å². The molecule has 0 fully saturated rings. The van der Waals surface area contributed by atoms with E-state index in [1.807, 2.05) is 7.05 Å². The van der Waals surface area contributed by atoms with Gasteiger partial charge in [-0.05, 0) is 26.5 Å². The Morgan fingerprint density at radius 1 is 1.67 bits per heavy atom. The molecule has 0 amide bonds. The lowest BCUT2D eigenvalue weighted by Crippen LogP contribution is -2.27. The van der Waals surface area contributed by atoms with Crippen LogP contribution >= 0.6 is 0 Å². The van der Waals surface area contributed by atoms with Crippen molar-refractivity contribution in [2.75, 3.05) is 7.05 Å². The molecule has 0 spiro atoms. The lowest BCUT2D eigenvalue weighted by molar-refractivity contribution is 0.0696. The minimum atomic E-state index is -0.948. The van der Waals surface area contributed by atoms with Crippen LogP contribution in [-0.4, -0.2) is 29.1 Å². The van der Waals surface area contributed by atoms with Gasteiger partial charge < -0.3 is 9.52 Å². The van der Waals surface area contributed by atoms with Crippen LogP contribution in [0.2, 0.25) is 0 Å². The fourth-order valence-electron chi connectivity index (χ4n) is 1.29. The molecule has 15 heavy (non-hydrogen) atoms. The highest BCUT2D eigenvalue weighted by Gasteiger charge is 2.12. The smallest absolute Gasteiger partial charge is 0.338 e. The summed E-state index contributed by atoms with van der Waals surface area (Å²) in [5.74, 6) is -0.258. The predicted molar refractivity (Wildman–Crippen MR) is 56.9 cm³/mol. The number of hydrogen-bond donors (Lipinski definition) is 1. The standard InChI is InChI=1S/C11H17NO3/c1-4-8(2)12(3)6-10-5-9(7-15-10)11(13)14/h5,7-8H,4,6H2,1-3H3,(H,13,14). The van der Waals surface area contributed by atoms with Crippen molar-refractivity contribution < 1.29 is 14.3 Å². The summed E-state index contributed by atoms with van der Waals surface area (Å²) in [6.07, 6.45) is 2.34. The minimum absolute atomic E-state index is 0.211. The maximum atomic E-state index is 10.6. The molecule has 0 bridgehead atoms. The van der Waals surface area contributed by atoms with Crippen LogP contribution in [0.25, 0.3) is 0 Å². The van der Waals surface area contributed by atoms with Crippen molar-refractivity contribution in [3.05, 3.63) is 23.7 Å². The number of carbonyl (C=O) groups is 1. The second-order valence-electron chi connectivity index (χ2n) is 3.78. The monoisotopic (exact) mass is 211 g/mol. The molecule has 0 aliphatic rings. The summed E-state index contributed by atoms with van der Waals surface area (Å²) in [4.78, 5) is 12.7. The summed E-state index contributed by atoms with van der Waals surface area (Å²) in [5.41, 5.74) is 0.211. The number of carboxylic acids is 1. The van der Waals surface area contributed by atoms with Crippen LogP contribution in [-0.2, 0) is 6.54 Å². The third kappa shape index (κ3) is 3.09. The Bertz CT molecular complexity index is 332. The molecule has 1 aromatic rings. The Labute approximate surface area is 89.5 Å². The second kappa shape index (κ2) is 4.98. The van der Waals surface area contributed by atoms with Crippen molar-refractivity contribution in [3.63, 3.8) is 0 Å². The fourth-order valence-corrected chi connectivity index (χ4v) is 1.29. The van der Waals surface area contributed by atoms with Gasteiger partial charge in [-0.15, -0.1) is 0 Å². The van der Waals surface area contributed by atoms with E-state index in [9.17, 15) is 4.79 Å². The van der Waals surface area contributed by atoms with Crippen LogP contribution in [0.1, 0.15) is 36.4 Å². The number of aromatic carboxylic acids is 1. The molecule has 0 aromatic carbocycles. The molecule has 1 N–H and O–H groups in total. The van der Waals surface area contributed by atoms with Crippen LogP contribution in [0, 0.1) is 0 Å². The Morgan fingerprint density at radius 3 is 2.80 bits per heavy atom. The van der Waals surface area contributed by atoms with Gasteiger partial charge >= 0.3 is 5.97 Å². The highest BCUT2D eigenvalue weighted by molar-refractivity contribution is 5.87. The molecular weight excluding hydrogens is 194 g/mol. The van der Waals surface area contributed by atoms with Crippen molar-refractivity contribution >= 4 is 5.97 Å². The summed E-state index contributed by atoms with van der Waals surface area (Å²) in [6.45, 7) is 4.88. The van der Waals surface area contributed by atoms with Crippen molar-refractivity contribution in [2.24, 2.45) is 0 Å². The summed E-state index contributed by atoms with van der Waals surface area (Å²) in [6, 6.07) is 2.03. The number of carboxylic acid groups (broad SMARTS) is 1. The van der Waals surface area contributed by atoms with Crippen LogP contribution in [0.15, 0.2) is 16.7 Å². The third-order valence-corrected chi connectivity index (χ3v) is 2.65. The topological polar surface area (TPSA) is 53.7 Å². The predicted octanol–water partition coefficient (Wildman–Crippen LogP) is 2.21. The highest BCUT2D eigenvalue weighted by Crippen LogP contribution is 2.12. The minimum Gasteiger partial charge on any atom is -0.478 e. The summed E-state index contributed by atoms with van der Waals surface area (Å²) >= 11 is 0. The average Bonchev–Trinajstić information content (AvgIpc) is 2.65. The molecule has 1 aromatic heterocycles. The summed E-state index contributed by atoms with van der Waals surface area (Å²) in [5, 5.41) is 8.71. The molecule has 1 unspecified atom stereocenters. The molecule has 0 aliphatic carbocycles. The Hall–Kier alpha value is -1.29. The number of nitrogens with zero attached hydrogens (tertiary/aromatic N) is 1. The van der Waals surface area contributed by atoms with Crippen LogP contribution in [0.4, 0.5) is 0 Å².